The van der Waals surface area contributed by atoms with Gasteiger partial charge >= 0.3 is 5.97 Å². The van der Waals surface area contributed by atoms with Gasteiger partial charge in [-0.2, -0.15) is 0 Å². The van der Waals surface area contributed by atoms with E-state index in [1.165, 1.54) is 7.11 Å². The van der Waals surface area contributed by atoms with Crippen LogP contribution in [0.25, 0.3) is 0 Å². The van der Waals surface area contributed by atoms with E-state index >= 15 is 0 Å². The summed E-state index contributed by atoms with van der Waals surface area (Å²) >= 11 is 0. The van der Waals surface area contributed by atoms with Crippen LogP contribution in [-0.4, -0.2) is 37.7 Å². The topological polar surface area (TPSA) is 35.5 Å². The number of carbonyl (C=O) groups is 1. The summed E-state index contributed by atoms with van der Waals surface area (Å²) in [5.74, 6) is 0.354. The molecule has 1 saturated carbocycles. The molecule has 0 radical (unpaired) electrons. The van der Waals surface area contributed by atoms with Crippen molar-refractivity contribution in [3.8, 4) is 0 Å². The molecule has 3 nitrogen and oxygen atoms in total. The van der Waals surface area contributed by atoms with Gasteiger partial charge in [-0.05, 0) is 43.3 Å². The van der Waals surface area contributed by atoms with Crippen LogP contribution >= 0.6 is 0 Å². The van der Waals surface area contributed by atoms with Gasteiger partial charge in [-0.15, -0.1) is 0 Å². The Balaban J connectivity index is 2.72. The molecule has 0 heterocycles. The molecule has 3 unspecified atom stereocenters. The summed E-state index contributed by atoms with van der Waals surface area (Å²) < 4.78 is 11.5. The lowest BCUT2D eigenvalue weighted by Gasteiger charge is -2.45. The predicted octanol–water partition coefficient (Wildman–Crippen LogP) is 2.89. The Kier molecular flexibility index (Phi) is 5.31. The van der Waals surface area contributed by atoms with Crippen molar-refractivity contribution in [2.45, 2.75) is 76.2 Å². The van der Waals surface area contributed by atoms with Crippen LogP contribution in [0.3, 0.4) is 0 Å². The van der Waals surface area contributed by atoms with E-state index in [2.05, 4.69) is 40.8 Å². The van der Waals surface area contributed by atoms with Gasteiger partial charge in [-0.25, -0.2) is 0 Å². The third-order valence-corrected chi connectivity index (χ3v) is 12.0. The summed E-state index contributed by atoms with van der Waals surface area (Å²) in [6, 6.07) is 0. The smallest absolute Gasteiger partial charge is 0.308 e. The van der Waals surface area contributed by atoms with E-state index in [4.69, 9.17) is 9.16 Å². The maximum atomic E-state index is 12.0. The van der Waals surface area contributed by atoms with Crippen molar-refractivity contribution in [1.82, 2.24) is 0 Å². The van der Waals surface area contributed by atoms with Crippen molar-refractivity contribution in [2.75, 3.05) is 7.11 Å². The maximum absolute atomic E-state index is 12.0. The molecule has 3 atom stereocenters. The Morgan fingerprint density at radius 2 is 1.90 bits per heavy atom. The van der Waals surface area contributed by atoms with E-state index in [1.54, 1.807) is 0 Å². The first-order valence-corrected chi connectivity index (χ1v) is 11.6. The zero-order chi connectivity index (χ0) is 15.8. The van der Waals surface area contributed by atoms with Crippen molar-refractivity contribution in [3.63, 3.8) is 0 Å². The molecule has 0 saturated heterocycles. The second-order valence-corrected chi connectivity index (χ2v) is 14.6. The first kappa shape index (κ1) is 17.9. The highest BCUT2D eigenvalue weighted by molar-refractivity contribution is 6.74. The SMILES string of the molecule is COC(=O)C1([SiH3])CCC(O[Si](C)(C)C(C)(C)C)CC1C. The normalized spacial score (nSPS) is 32.1. The number of hydrogen-bond acceptors (Lipinski definition) is 3. The van der Waals surface area contributed by atoms with Crippen molar-refractivity contribution in [3.05, 3.63) is 0 Å². The number of carbonyl (C=O) groups excluding carboxylic acids is 1. The van der Waals surface area contributed by atoms with Gasteiger partial charge in [-0.1, -0.05) is 27.7 Å². The lowest BCUT2D eigenvalue weighted by molar-refractivity contribution is -0.147. The van der Waals surface area contributed by atoms with Crippen molar-refractivity contribution in [1.29, 1.82) is 0 Å². The van der Waals surface area contributed by atoms with Gasteiger partial charge in [0.15, 0.2) is 8.32 Å². The molecule has 20 heavy (non-hydrogen) atoms. The highest BCUT2D eigenvalue weighted by Gasteiger charge is 2.46. The Bertz CT molecular complexity index is 363. The van der Waals surface area contributed by atoms with Crippen LogP contribution in [0.4, 0.5) is 0 Å². The van der Waals surface area contributed by atoms with Gasteiger partial charge in [0.2, 0.25) is 0 Å². The average Bonchev–Trinajstić information content (AvgIpc) is 2.31. The molecule has 1 aliphatic carbocycles. The van der Waals surface area contributed by atoms with Gasteiger partial charge in [0.05, 0.1) is 12.1 Å². The minimum Gasteiger partial charge on any atom is -0.469 e. The molecular formula is C15H32O3Si2. The highest BCUT2D eigenvalue weighted by Crippen LogP contribution is 2.48. The summed E-state index contributed by atoms with van der Waals surface area (Å²) in [5.41, 5.74) is 0. The van der Waals surface area contributed by atoms with Gasteiger partial charge in [0.25, 0.3) is 0 Å². The number of methoxy groups -OCH3 is 1. The maximum Gasteiger partial charge on any atom is 0.308 e. The van der Waals surface area contributed by atoms with Gasteiger partial charge in [0, 0.05) is 16.3 Å². The first-order valence-electron chi connectivity index (χ1n) is 7.70. The summed E-state index contributed by atoms with van der Waals surface area (Å²) in [4.78, 5) is 12.0. The monoisotopic (exact) mass is 316 g/mol. The third kappa shape index (κ3) is 3.54. The van der Waals surface area contributed by atoms with Crippen molar-refractivity contribution in [2.24, 2.45) is 5.92 Å². The van der Waals surface area contributed by atoms with E-state index in [9.17, 15) is 4.79 Å². The van der Waals surface area contributed by atoms with Crippen LogP contribution in [0, 0.1) is 5.92 Å². The molecule has 0 N–H and O–H groups in total. The Morgan fingerprint density at radius 1 is 1.35 bits per heavy atom. The largest absolute Gasteiger partial charge is 0.469 e. The molecule has 1 fully saturated rings. The summed E-state index contributed by atoms with van der Waals surface area (Å²) in [6.45, 7) is 13.6. The minimum absolute atomic E-state index is 0.0116. The average molecular weight is 317 g/mol. The van der Waals surface area contributed by atoms with Gasteiger partial charge < -0.3 is 9.16 Å². The van der Waals surface area contributed by atoms with E-state index in [0.717, 1.165) is 29.5 Å². The van der Waals surface area contributed by atoms with E-state index in [1.807, 2.05) is 0 Å². The Labute approximate surface area is 128 Å². The van der Waals surface area contributed by atoms with Crippen LogP contribution in [0.1, 0.15) is 47.0 Å². The molecule has 0 aromatic rings. The zero-order valence-corrected chi connectivity index (χ0v) is 17.5. The number of ether oxygens (including phenoxy) is 1. The molecule has 0 aliphatic heterocycles. The number of hydrogen-bond donors (Lipinski definition) is 0. The molecule has 0 spiro atoms. The third-order valence-electron chi connectivity index (χ3n) is 5.61. The molecule has 0 amide bonds. The Hall–Kier alpha value is -0.136. The van der Waals surface area contributed by atoms with Crippen LogP contribution in [0.2, 0.25) is 23.2 Å². The first-order chi connectivity index (χ1) is 8.94. The van der Waals surface area contributed by atoms with Crippen LogP contribution in [0.5, 0.6) is 0 Å². The highest BCUT2D eigenvalue weighted by atomic mass is 28.4. The summed E-state index contributed by atoms with van der Waals surface area (Å²) in [6.07, 6.45) is 3.23. The molecule has 1 aliphatic rings. The second-order valence-electron chi connectivity index (χ2n) is 8.08. The number of rotatable bonds is 3. The second kappa shape index (κ2) is 5.93. The molecule has 0 aromatic heterocycles. The van der Waals surface area contributed by atoms with E-state index in [0.29, 0.717) is 12.0 Å². The van der Waals surface area contributed by atoms with Gasteiger partial charge in [0.1, 0.15) is 0 Å². The minimum atomic E-state index is -1.71. The lowest BCUT2D eigenvalue weighted by Crippen LogP contribution is -2.47. The summed E-state index contributed by atoms with van der Waals surface area (Å²) in [7, 11) is 0.661. The molecule has 0 aromatic carbocycles. The molecule has 0 bridgehead atoms. The lowest BCUT2D eigenvalue weighted by atomic mass is 9.78. The standard InChI is InChI=1S/C15H32O3Si2/c1-11-10-12(18-20(6,7)14(2,3)4)8-9-15(11,19)13(16)17-5/h11-12H,8-10H2,1-7,19H3. The predicted molar refractivity (Wildman–Crippen MR) is 89.7 cm³/mol. The van der Waals surface area contributed by atoms with Gasteiger partial charge in [-0.3, -0.25) is 4.79 Å². The van der Waals surface area contributed by atoms with Crippen LogP contribution in [-0.2, 0) is 14.0 Å². The van der Waals surface area contributed by atoms with E-state index in [-0.39, 0.29) is 16.0 Å². The quantitative estimate of drug-likeness (QED) is 0.593. The Morgan fingerprint density at radius 3 is 2.30 bits per heavy atom. The number of esters is 1. The van der Waals surface area contributed by atoms with E-state index < -0.39 is 8.32 Å². The molecule has 118 valence electrons. The fourth-order valence-electron chi connectivity index (χ4n) is 2.72. The summed E-state index contributed by atoms with van der Waals surface area (Å²) in [5, 5.41) is 0.0378. The fraction of sp³-hybridized carbons (Fsp3) is 0.933. The molecule has 5 heteroatoms. The van der Waals surface area contributed by atoms with Crippen LogP contribution < -0.4 is 0 Å². The van der Waals surface area contributed by atoms with Crippen molar-refractivity contribution < 1.29 is 14.0 Å². The van der Waals surface area contributed by atoms with Crippen LogP contribution in [0.15, 0.2) is 0 Å². The molecule has 1 rings (SSSR count). The zero-order valence-electron chi connectivity index (χ0n) is 14.5. The van der Waals surface area contributed by atoms with Crippen molar-refractivity contribution >= 4 is 24.5 Å². The fourth-order valence-corrected chi connectivity index (χ4v) is 4.85. The molecular weight excluding hydrogens is 284 g/mol.